The Labute approximate surface area is 150 Å². The number of amides is 1. The van der Waals surface area contributed by atoms with Gasteiger partial charge in [0.05, 0.1) is 22.0 Å². The summed E-state index contributed by atoms with van der Waals surface area (Å²) in [7, 11) is 0. The van der Waals surface area contributed by atoms with Gasteiger partial charge in [-0.05, 0) is 30.5 Å². The average molecular weight is 375 g/mol. The van der Waals surface area contributed by atoms with Gasteiger partial charge in [0.2, 0.25) is 10.9 Å². The van der Waals surface area contributed by atoms with Gasteiger partial charge in [-0.1, -0.05) is 41.3 Å². The summed E-state index contributed by atoms with van der Waals surface area (Å²) in [4.78, 5) is 14.3. The maximum atomic E-state index is 12.3. The van der Waals surface area contributed by atoms with E-state index in [9.17, 15) is 4.79 Å². The number of aromatic nitrogens is 3. The summed E-state index contributed by atoms with van der Waals surface area (Å²) in [5, 5.41) is 14.0. The van der Waals surface area contributed by atoms with Gasteiger partial charge < -0.3 is 5.32 Å². The van der Waals surface area contributed by atoms with E-state index >= 15 is 0 Å². The molecule has 1 aromatic carbocycles. The van der Waals surface area contributed by atoms with Crippen LogP contribution in [0.25, 0.3) is 15.2 Å². The fraction of sp³-hybridized carbons (Fsp3) is 0.188. The highest BCUT2D eigenvalue weighted by Crippen LogP contribution is 2.31. The summed E-state index contributed by atoms with van der Waals surface area (Å²) < 4.78 is 3.19. The Morgan fingerprint density at radius 1 is 1.29 bits per heavy atom. The number of benzene rings is 1. The lowest BCUT2D eigenvalue weighted by Gasteiger charge is -2.10. The molecular weight excluding hydrogens is 360 g/mol. The number of carbonyl (C=O) groups is 1. The van der Waals surface area contributed by atoms with Crippen molar-refractivity contribution in [2.75, 3.05) is 0 Å². The smallest absolute Gasteiger partial charge is 0.233 e. The van der Waals surface area contributed by atoms with Gasteiger partial charge in [-0.3, -0.25) is 9.20 Å². The Morgan fingerprint density at radius 3 is 3.00 bits per heavy atom. The molecule has 1 atom stereocenters. The molecule has 0 radical (unpaired) electrons. The van der Waals surface area contributed by atoms with E-state index in [1.54, 1.807) is 22.7 Å². The van der Waals surface area contributed by atoms with Crippen LogP contribution >= 0.6 is 34.4 Å². The summed E-state index contributed by atoms with van der Waals surface area (Å²) in [6.45, 7) is 2.46. The molecule has 0 aliphatic carbocycles. The van der Waals surface area contributed by atoms with E-state index in [2.05, 4.69) is 21.6 Å². The van der Waals surface area contributed by atoms with Gasteiger partial charge in [-0.2, -0.15) is 0 Å². The number of rotatable bonds is 5. The summed E-state index contributed by atoms with van der Waals surface area (Å²) in [6, 6.07) is 12.1. The van der Waals surface area contributed by atoms with Crippen LogP contribution < -0.4 is 5.32 Å². The number of thioether (sulfide) groups is 1. The number of thiazole rings is 1. The molecule has 0 aliphatic heterocycles. The lowest BCUT2D eigenvalue weighted by molar-refractivity contribution is -0.120. The van der Waals surface area contributed by atoms with Crippen molar-refractivity contribution >= 4 is 55.5 Å². The van der Waals surface area contributed by atoms with Crippen molar-refractivity contribution in [3.05, 3.63) is 46.7 Å². The molecule has 0 fully saturated rings. The minimum absolute atomic E-state index is 0.00434. The van der Waals surface area contributed by atoms with Crippen LogP contribution in [0.5, 0.6) is 0 Å². The zero-order chi connectivity index (χ0) is 16.5. The van der Waals surface area contributed by atoms with Crippen LogP contribution in [0.3, 0.4) is 0 Å². The van der Waals surface area contributed by atoms with Gasteiger partial charge in [-0.25, -0.2) is 0 Å². The Kier molecular flexibility index (Phi) is 4.26. The van der Waals surface area contributed by atoms with E-state index < -0.39 is 0 Å². The van der Waals surface area contributed by atoms with Gasteiger partial charge >= 0.3 is 0 Å². The number of fused-ring (bicyclic) bond motifs is 3. The number of thiophene rings is 1. The molecule has 24 heavy (non-hydrogen) atoms. The fourth-order valence-corrected chi connectivity index (χ4v) is 4.93. The molecule has 0 spiro atoms. The number of hydrogen-bond acceptors (Lipinski definition) is 6. The number of nitrogens with zero attached hydrogens (tertiary/aromatic N) is 3. The Balaban J connectivity index is 1.52. The monoisotopic (exact) mass is 374 g/mol. The van der Waals surface area contributed by atoms with Crippen molar-refractivity contribution in [2.45, 2.75) is 23.9 Å². The third-order valence-electron chi connectivity index (χ3n) is 3.58. The first kappa shape index (κ1) is 15.6. The predicted molar refractivity (Wildman–Crippen MR) is 99.9 cm³/mol. The summed E-state index contributed by atoms with van der Waals surface area (Å²) in [6.07, 6.45) is 0. The van der Waals surface area contributed by atoms with Gasteiger partial charge in [-0.15, -0.1) is 21.5 Å². The molecule has 0 unspecified atom stereocenters. The molecule has 122 valence electrons. The molecule has 0 saturated carbocycles. The van der Waals surface area contributed by atoms with Crippen molar-refractivity contribution in [2.24, 2.45) is 0 Å². The van der Waals surface area contributed by atoms with Gasteiger partial charge in [0.25, 0.3) is 0 Å². The Bertz CT molecular complexity index is 989. The topological polar surface area (TPSA) is 59.3 Å². The lowest BCUT2D eigenvalue weighted by Crippen LogP contribution is -2.30. The van der Waals surface area contributed by atoms with Crippen LogP contribution in [0.1, 0.15) is 11.8 Å². The molecule has 3 aromatic heterocycles. The largest absolute Gasteiger partial charge is 0.350 e. The zero-order valence-electron chi connectivity index (χ0n) is 12.8. The first-order valence-corrected chi connectivity index (χ1v) is 9.99. The minimum atomic E-state index is -0.240. The first-order chi connectivity index (χ1) is 11.7. The molecular formula is C16H14N4OS3. The van der Waals surface area contributed by atoms with Gasteiger partial charge in [0.1, 0.15) is 0 Å². The molecule has 8 heteroatoms. The predicted octanol–water partition coefficient (Wildman–Crippen LogP) is 3.80. The third kappa shape index (κ3) is 2.92. The van der Waals surface area contributed by atoms with E-state index in [4.69, 9.17) is 0 Å². The van der Waals surface area contributed by atoms with Crippen LogP contribution in [-0.2, 0) is 11.3 Å². The Hall–Kier alpha value is -1.90. The summed E-state index contributed by atoms with van der Waals surface area (Å²) in [5.41, 5.74) is 1.08. The van der Waals surface area contributed by atoms with Crippen LogP contribution in [0, 0.1) is 0 Å². The molecule has 5 nitrogen and oxygen atoms in total. The quantitative estimate of drug-likeness (QED) is 0.540. The van der Waals surface area contributed by atoms with E-state index in [-0.39, 0.29) is 11.2 Å². The SMILES string of the molecule is C[C@H](Sc1nnc2sc3ccccc3n12)C(=O)NCc1cccs1. The molecule has 1 N–H and O–H groups in total. The first-order valence-electron chi connectivity index (χ1n) is 7.42. The number of carbonyl (C=O) groups excluding carboxylic acids is 1. The van der Waals surface area contributed by atoms with Crippen LogP contribution in [-0.4, -0.2) is 25.8 Å². The van der Waals surface area contributed by atoms with Crippen molar-refractivity contribution in [1.29, 1.82) is 0 Å². The van der Waals surface area contributed by atoms with Crippen molar-refractivity contribution < 1.29 is 4.79 Å². The highest BCUT2D eigenvalue weighted by Gasteiger charge is 2.19. The van der Waals surface area contributed by atoms with E-state index in [0.717, 1.165) is 20.5 Å². The molecule has 4 rings (SSSR count). The van der Waals surface area contributed by atoms with E-state index in [1.165, 1.54) is 16.5 Å². The molecule has 0 bridgehead atoms. The summed E-state index contributed by atoms with van der Waals surface area (Å²) in [5.74, 6) is 0.00434. The summed E-state index contributed by atoms with van der Waals surface area (Å²) >= 11 is 4.68. The maximum Gasteiger partial charge on any atom is 0.233 e. The van der Waals surface area contributed by atoms with E-state index in [1.807, 2.05) is 47.0 Å². The lowest BCUT2D eigenvalue weighted by atomic mass is 10.3. The maximum absolute atomic E-state index is 12.3. The normalized spacial score (nSPS) is 12.7. The molecule has 0 saturated heterocycles. The van der Waals surface area contributed by atoms with Gasteiger partial charge in [0.15, 0.2) is 5.16 Å². The highest BCUT2D eigenvalue weighted by molar-refractivity contribution is 8.00. The molecule has 3 heterocycles. The number of nitrogens with one attached hydrogen (secondary N) is 1. The molecule has 0 aliphatic rings. The second-order valence-corrected chi connectivity index (χ2v) is 8.58. The Morgan fingerprint density at radius 2 is 2.17 bits per heavy atom. The second-order valence-electron chi connectivity index (χ2n) is 5.23. The highest BCUT2D eigenvalue weighted by atomic mass is 32.2. The zero-order valence-corrected chi connectivity index (χ0v) is 15.3. The van der Waals surface area contributed by atoms with Crippen molar-refractivity contribution in [3.8, 4) is 0 Å². The standard InChI is InChI=1S/C16H14N4OS3/c1-10(14(21)17-9-11-5-4-8-22-11)23-15-18-19-16-20(15)12-6-2-3-7-13(12)24-16/h2-8,10H,9H2,1H3,(H,17,21)/t10-/m0/s1. The van der Waals surface area contributed by atoms with Crippen LogP contribution in [0.15, 0.2) is 46.9 Å². The van der Waals surface area contributed by atoms with Crippen LogP contribution in [0.2, 0.25) is 0 Å². The van der Waals surface area contributed by atoms with Crippen molar-refractivity contribution in [1.82, 2.24) is 19.9 Å². The molecule has 1 amide bonds. The van der Waals surface area contributed by atoms with E-state index in [0.29, 0.717) is 6.54 Å². The fourth-order valence-electron chi connectivity index (χ4n) is 2.37. The minimum Gasteiger partial charge on any atom is -0.350 e. The van der Waals surface area contributed by atoms with Crippen LogP contribution in [0.4, 0.5) is 0 Å². The number of hydrogen-bond donors (Lipinski definition) is 1. The third-order valence-corrected chi connectivity index (χ3v) is 6.51. The molecule has 4 aromatic rings. The van der Waals surface area contributed by atoms with Crippen molar-refractivity contribution in [3.63, 3.8) is 0 Å². The van der Waals surface area contributed by atoms with Gasteiger partial charge in [0, 0.05) is 4.88 Å². The number of para-hydroxylation sites is 1. The average Bonchev–Trinajstić information content (AvgIpc) is 3.30. The second kappa shape index (κ2) is 6.54.